The van der Waals surface area contributed by atoms with Gasteiger partial charge < -0.3 is 25.6 Å². The molecule has 1 aromatic carbocycles. The molecule has 1 aliphatic rings. The molecule has 1 saturated heterocycles. The highest BCUT2D eigenvalue weighted by Gasteiger charge is 2.37. The standard InChI is InChI=1S/C29H29Cl2F3N8O4/c1-4-40-5-6-42(14(2)11-40)21-9-20(19(31)10-36-21)37-22(43)13-41-12-17(15-7-16(25(35)45)24(44)18(30)8-15)23-26(41)38-28(29(32,33)34)39(3)27(23)46/h7-10,12,14,44H,4-6,11,13H2,1-3H3,(H2,35,45)(H,36,37,43)/t14-/m0/s1. The Morgan fingerprint density at radius 1 is 1.17 bits per heavy atom. The molecule has 4 aromatic rings. The van der Waals surface area contributed by atoms with Gasteiger partial charge in [0.15, 0.2) is 0 Å². The zero-order valence-electron chi connectivity index (χ0n) is 24.8. The van der Waals surface area contributed by atoms with Crippen molar-refractivity contribution in [2.75, 3.05) is 36.4 Å². The lowest BCUT2D eigenvalue weighted by Gasteiger charge is -2.40. The van der Waals surface area contributed by atoms with Gasteiger partial charge in [-0.3, -0.25) is 23.9 Å². The van der Waals surface area contributed by atoms with Gasteiger partial charge in [-0.15, -0.1) is 0 Å². The predicted molar refractivity (Wildman–Crippen MR) is 167 cm³/mol. The van der Waals surface area contributed by atoms with E-state index in [0.717, 1.165) is 37.3 Å². The SMILES string of the molecule is CCN1CCN(c2cc(NC(=O)Cn3cc(-c4cc(Cl)c(O)c(C(N)=O)c4)c4c(=O)n(C)c(C(F)(F)F)nc43)c(Cl)cn2)[C@@H](C)C1. The van der Waals surface area contributed by atoms with E-state index in [1.165, 1.54) is 18.5 Å². The highest BCUT2D eigenvalue weighted by molar-refractivity contribution is 6.34. The van der Waals surface area contributed by atoms with Gasteiger partial charge in [-0.1, -0.05) is 30.1 Å². The summed E-state index contributed by atoms with van der Waals surface area (Å²) in [5, 5.41) is 12.4. The van der Waals surface area contributed by atoms with Crippen molar-refractivity contribution in [3.8, 4) is 16.9 Å². The van der Waals surface area contributed by atoms with Gasteiger partial charge in [-0.05, 0) is 31.2 Å². The Labute approximate surface area is 270 Å². The maximum atomic E-state index is 13.9. The highest BCUT2D eigenvalue weighted by Crippen LogP contribution is 2.37. The Morgan fingerprint density at radius 3 is 2.52 bits per heavy atom. The molecular weight excluding hydrogens is 652 g/mol. The summed E-state index contributed by atoms with van der Waals surface area (Å²) < 4.78 is 43.0. The van der Waals surface area contributed by atoms with E-state index in [4.69, 9.17) is 28.9 Å². The van der Waals surface area contributed by atoms with E-state index in [1.807, 2.05) is 0 Å². The number of likely N-dealkylation sites (N-methyl/N-ethyl adjacent to an activating group) is 1. The second-order valence-electron chi connectivity index (χ2n) is 10.9. The topological polar surface area (TPSA) is 152 Å². The molecule has 17 heteroatoms. The molecule has 5 rings (SSSR count). The minimum absolute atomic E-state index is 0.00142. The number of carbonyl (C=O) groups is 2. The second kappa shape index (κ2) is 12.5. The quantitative estimate of drug-likeness (QED) is 0.264. The third-order valence-corrected chi connectivity index (χ3v) is 8.46. The first kappa shape index (κ1) is 33.0. The van der Waals surface area contributed by atoms with Gasteiger partial charge >= 0.3 is 6.18 Å². The maximum Gasteiger partial charge on any atom is 0.449 e. The van der Waals surface area contributed by atoms with Crippen LogP contribution in [0.1, 0.15) is 30.0 Å². The van der Waals surface area contributed by atoms with Crippen LogP contribution in [0, 0.1) is 0 Å². The number of nitrogens with one attached hydrogen (secondary N) is 1. The number of carbonyl (C=O) groups excluding carboxylic acids is 2. The molecule has 0 saturated carbocycles. The summed E-state index contributed by atoms with van der Waals surface area (Å²) in [6, 6.07) is 4.10. The largest absolute Gasteiger partial charge is 0.506 e. The molecule has 2 amide bonds. The molecule has 1 fully saturated rings. The number of aromatic nitrogens is 4. The van der Waals surface area contributed by atoms with Crippen molar-refractivity contribution in [2.24, 2.45) is 12.8 Å². The predicted octanol–water partition coefficient (Wildman–Crippen LogP) is 4.10. The average molecular weight is 682 g/mol. The normalized spacial score (nSPS) is 15.8. The Balaban J connectivity index is 1.56. The summed E-state index contributed by atoms with van der Waals surface area (Å²) >= 11 is 12.5. The Morgan fingerprint density at radius 2 is 1.89 bits per heavy atom. The number of hydrogen-bond acceptors (Lipinski definition) is 8. The van der Waals surface area contributed by atoms with Gasteiger partial charge in [0.25, 0.3) is 11.5 Å². The molecule has 1 aliphatic heterocycles. The van der Waals surface area contributed by atoms with Gasteiger partial charge in [-0.25, -0.2) is 9.97 Å². The van der Waals surface area contributed by atoms with Gasteiger partial charge in [0, 0.05) is 50.6 Å². The van der Waals surface area contributed by atoms with Gasteiger partial charge in [-0.2, -0.15) is 13.2 Å². The van der Waals surface area contributed by atoms with Gasteiger partial charge in [0.1, 0.15) is 23.8 Å². The molecule has 12 nitrogen and oxygen atoms in total. The summed E-state index contributed by atoms with van der Waals surface area (Å²) in [6.07, 6.45) is -2.36. The molecule has 1 atom stereocenters. The zero-order chi connectivity index (χ0) is 33.7. The number of pyridine rings is 1. The van der Waals surface area contributed by atoms with E-state index in [-0.39, 0.29) is 43.9 Å². The van der Waals surface area contributed by atoms with Crippen LogP contribution in [0.2, 0.25) is 10.0 Å². The minimum Gasteiger partial charge on any atom is -0.506 e. The van der Waals surface area contributed by atoms with Crippen LogP contribution >= 0.6 is 23.2 Å². The Hall–Kier alpha value is -4.34. The van der Waals surface area contributed by atoms with Gasteiger partial charge in [0.05, 0.1) is 32.9 Å². The number of nitrogens with two attached hydrogens (primary N) is 1. The molecule has 3 aromatic heterocycles. The van der Waals surface area contributed by atoms with Crippen molar-refractivity contribution in [1.82, 2.24) is 24.0 Å². The van der Waals surface area contributed by atoms with Crippen LogP contribution in [0.15, 0.2) is 35.4 Å². The second-order valence-corrected chi connectivity index (χ2v) is 11.7. The van der Waals surface area contributed by atoms with E-state index in [2.05, 4.69) is 38.9 Å². The van der Waals surface area contributed by atoms with Gasteiger partial charge in [0.2, 0.25) is 11.7 Å². The fourth-order valence-electron chi connectivity index (χ4n) is 5.54. The Kier molecular flexibility index (Phi) is 8.94. The van der Waals surface area contributed by atoms with Crippen LogP contribution in [0.5, 0.6) is 5.75 Å². The van der Waals surface area contributed by atoms with Crippen molar-refractivity contribution in [1.29, 1.82) is 0 Å². The number of fused-ring (bicyclic) bond motifs is 1. The number of phenols is 1. The summed E-state index contributed by atoms with van der Waals surface area (Å²) in [7, 11) is 0.913. The van der Waals surface area contributed by atoms with Crippen LogP contribution in [0.4, 0.5) is 24.7 Å². The lowest BCUT2D eigenvalue weighted by atomic mass is 10.0. The number of halogens is 5. The fraction of sp³-hybridized carbons (Fsp3) is 0.345. The maximum absolute atomic E-state index is 13.9. The summed E-state index contributed by atoms with van der Waals surface area (Å²) in [5.41, 5.74) is 3.75. The van der Waals surface area contributed by atoms with E-state index in [1.54, 1.807) is 6.07 Å². The van der Waals surface area contributed by atoms with E-state index in [9.17, 15) is 32.7 Å². The fourth-order valence-corrected chi connectivity index (χ4v) is 5.91. The van der Waals surface area contributed by atoms with Crippen molar-refractivity contribution < 1.29 is 27.9 Å². The number of primary amides is 1. The molecule has 0 radical (unpaired) electrons. The number of alkyl halides is 3. The van der Waals surface area contributed by atoms with E-state index in [0.29, 0.717) is 16.9 Å². The number of rotatable bonds is 7. The lowest BCUT2D eigenvalue weighted by molar-refractivity contribution is -0.147. The minimum atomic E-state index is -5.00. The summed E-state index contributed by atoms with van der Waals surface area (Å²) in [5.74, 6) is -3.24. The molecule has 4 heterocycles. The number of anilines is 2. The molecular formula is C29H29Cl2F3N8O4. The number of aromatic hydroxyl groups is 1. The molecule has 0 bridgehead atoms. The molecule has 4 N–H and O–H groups in total. The van der Waals surface area contributed by atoms with E-state index < -0.39 is 47.3 Å². The third kappa shape index (κ3) is 6.22. The summed E-state index contributed by atoms with van der Waals surface area (Å²) in [4.78, 5) is 51.2. The van der Waals surface area contributed by atoms with Crippen molar-refractivity contribution in [2.45, 2.75) is 32.6 Å². The van der Waals surface area contributed by atoms with E-state index >= 15 is 0 Å². The number of nitrogens with zero attached hydrogens (tertiary/aromatic N) is 6. The number of piperazine rings is 1. The zero-order valence-corrected chi connectivity index (χ0v) is 26.3. The Bertz CT molecular complexity index is 1930. The number of amides is 2. The van der Waals surface area contributed by atoms with Crippen LogP contribution in [-0.4, -0.2) is 73.1 Å². The van der Waals surface area contributed by atoms with Crippen LogP contribution in [0.3, 0.4) is 0 Å². The first-order valence-electron chi connectivity index (χ1n) is 14.0. The monoisotopic (exact) mass is 680 g/mol. The molecule has 244 valence electrons. The van der Waals surface area contributed by atoms with Crippen molar-refractivity contribution in [3.05, 3.63) is 62.4 Å². The lowest BCUT2D eigenvalue weighted by Crippen LogP contribution is -2.52. The van der Waals surface area contributed by atoms with Crippen molar-refractivity contribution >= 4 is 57.6 Å². The third-order valence-electron chi connectivity index (χ3n) is 7.87. The molecule has 0 spiro atoms. The first-order valence-corrected chi connectivity index (χ1v) is 14.8. The number of benzene rings is 1. The molecule has 46 heavy (non-hydrogen) atoms. The average Bonchev–Trinajstić information content (AvgIpc) is 3.34. The van der Waals surface area contributed by atoms with Crippen LogP contribution in [-0.2, 0) is 24.6 Å². The smallest absolute Gasteiger partial charge is 0.449 e. The molecule has 0 aliphatic carbocycles. The number of hydrogen-bond donors (Lipinski definition) is 3. The highest BCUT2D eigenvalue weighted by atomic mass is 35.5. The van der Waals surface area contributed by atoms with Crippen LogP contribution < -0.4 is 21.5 Å². The molecule has 0 unspecified atom stereocenters. The van der Waals surface area contributed by atoms with Crippen LogP contribution in [0.25, 0.3) is 22.2 Å². The summed E-state index contributed by atoms with van der Waals surface area (Å²) in [6.45, 7) is 6.84. The van der Waals surface area contributed by atoms with Crippen molar-refractivity contribution in [3.63, 3.8) is 0 Å². The first-order chi connectivity index (χ1) is 21.6.